The van der Waals surface area contributed by atoms with Crippen LogP contribution in [0.3, 0.4) is 0 Å². The first-order valence-electron chi connectivity index (χ1n) is 8.76. The molecule has 6 heteroatoms. The van der Waals surface area contributed by atoms with E-state index in [4.69, 9.17) is 5.21 Å². The number of amides is 3. The van der Waals surface area contributed by atoms with E-state index in [9.17, 15) is 9.59 Å². The second-order valence-corrected chi connectivity index (χ2v) is 7.36. The number of benzene rings is 1. The Kier molecular flexibility index (Phi) is 4.81. The molecule has 0 atom stereocenters. The van der Waals surface area contributed by atoms with Crippen LogP contribution in [0.2, 0.25) is 0 Å². The summed E-state index contributed by atoms with van der Waals surface area (Å²) in [6.07, 6.45) is 7.39. The van der Waals surface area contributed by atoms with Crippen molar-refractivity contribution in [2.24, 2.45) is 0 Å². The quantitative estimate of drug-likeness (QED) is 0.501. The van der Waals surface area contributed by atoms with Crippen LogP contribution in [-0.2, 0) is 4.79 Å². The Balaban J connectivity index is 1.93. The third-order valence-electron chi connectivity index (χ3n) is 5.07. The third kappa shape index (κ3) is 3.39. The normalized spacial score (nSPS) is 20.7. The number of rotatable bonds is 4. The topological polar surface area (TPSA) is 72.9 Å². The third-order valence-corrected chi connectivity index (χ3v) is 5.07. The zero-order chi connectivity index (χ0) is 18.0. The molecule has 6 nitrogen and oxygen atoms in total. The highest BCUT2D eigenvalue weighted by atomic mass is 16.5. The summed E-state index contributed by atoms with van der Waals surface area (Å²) in [4.78, 5) is 28.3. The van der Waals surface area contributed by atoms with Gasteiger partial charge < -0.3 is 4.90 Å². The lowest BCUT2D eigenvalue weighted by Crippen LogP contribution is -2.42. The molecule has 2 aliphatic rings. The summed E-state index contributed by atoms with van der Waals surface area (Å²) in [7, 11) is 0. The summed E-state index contributed by atoms with van der Waals surface area (Å²) in [5.41, 5.74) is 2.79. The van der Waals surface area contributed by atoms with Crippen LogP contribution in [-0.4, -0.2) is 40.2 Å². The minimum Gasteiger partial charge on any atom is -0.319 e. The molecule has 0 aromatic heterocycles. The number of nitrogens with one attached hydrogen (secondary N) is 1. The summed E-state index contributed by atoms with van der Waals surface area (Å²) in [6, 6.07) is 7.87. The van der Waals surface area contributed by atoms with Gasteiger partial charge in [0.15, 0.2) is 0 Å². The molecule has 1 heterocycles. The van der Waals surface area contributed by atoms with Crippen LogP contribution in [0.25, 0.3) is 6.08 Å². The maximum absolute atomic E-state index is 13.2. The van der Waals surface area contributed by atoms with Gasteiger partial charge in [0.1, 0.15) is 0 Å². The van der Waals surface area contributed by atoms with Crippen LogP contribution in [0.15, 0.2) is 30.3 Å². The lowest BCUT2D eigenvalue weighted by molar-refractivity contribution is -0.124. The summed E-state index contributed by atoms with van der Waals surface area (Å²) >= 11 is 0. The van der Waals surface area contributed by atoms with Gasteiger partial charge in [-0.25, -0.2) is 10.3 Å². The van der Waals surface area contributed by atoms with Gasteiger partial charge in [0.05, 0.1) is 11.2 Å². The van der Waals surface area contributed by atoms with Gasteiger partial charge in [-0.15, -0.1) is 0 Å². The second kappa shape index (κ2) is 6.88. The Morgan fingerprint density at radius 1 is 1.28 bits per heavy atom. The summed E-state index contributed by atoms with van der Waals surface area (Å²) in [5, 5.41) is 8.65. The van der Waals surface area contributed by atoms with E-state index in [2.05, 4.69) is 13.8 Å². The minimum atomic E-state index is -0.602. The van der Waals surface area contributed by atoms with Crippen molar-refractivity contribution in [3.63, 3.8) is 0 Å². The molecule has 3 rings (SSSR count). The van der Waals surface area contributed by atoms with E-state index >= 15 is 0 Å². The zero-order valence-corrected chi connectivity index (χ0v) is 14.7. The van der Waals surface area contributed by atoms with E-state index in [1.54, 1.807) is 11.6 Å². The predicted molar refractivity (Wildman–Crippen MR) is 96.3 cm³/mol. The van der Waals surface area contributed by atoms with Gasteiger partial charge >= 0.3 is 6.03 Å². The SMILES string of the molecule is CC1(C)CN(C2CCCC2)C(=O)N1c1ccccc1/C=C/C(=O)NO. The first-order valence-corrected chi connectivity index (χ1v) is 8.76. The molecule has 0 spiro atoms. The van der Waals surface area contributed by atoms with Crippen LogP contribution >= 0.6 is 0 Å². The number of urea groups is 1. The lowest BCUT2D eigenvalue weighted by atomic mass is 10.0. The maximum atomic E-state index is 13.2. The molecule has 0 unspecified atom stereocenters. The van der Waals surface area contributed by atoms with Gasteiger partial charge in [-0.05, 0) is 44.4 Å². The van der Waals surface area contributed by atoms with Crippen molar-refractivity contribution >= 4 is 23.7 Å². The van der Waals surface area contributed by atoms with Crippen molar-refractivity contribution in [3.05, 3.63) is 35.9 Å². The largest absolute Gasteiger partial charge is 0.325 e. The summed E-state index contributed by atoms with van der Waals surface area (Å²) in [5.74, 6) is -0.602. The number of carbonyl (C=O) groups is 2. The molecule has 1 saturated heterocycles. The molecule has 1 aliphatic heterocycles. The van der Waals surface area contributed by atoms with E-state index in [-0.39, 0.29) is 11.6 Å². The smallest absolute Gasteiger partial charge is 0.319 e. The maximum Gasteiger partial charge on any atom is 0.325 e. The minimum absolute atomic E-state index is 0.0318. The van der Waals surface area contributed by atoms with Crippen LogP contribution < -0.4 is 10.4 Å². The number of para-hydroxylation sites is 1. The molecule has 1 saturated carbocycles. The molecule has 1 aliphatic carbocycles. The van der Waals surface area contributed by atoms with Gasteiger partial charge in [-0.2, -0.15) is 0 Å². The molecular formula is C19H25N3O3. The number of nitrogens with zero attached hydrogens (tertiary/aromatic N) is 2. The fourth-order valence-corrected chi connectivity index (χ4v) is 3.91. The molecule has 2 N–H and O–H groups in total. The van der Waals surface area contributed by atoms with Crippen LogP contribution in [0.5, 0.6) is 0 Å². The van der Waals surface area contributed by atoms with Crippen LogP contribution in [0.1, 0.15) is 45.1 Å². The van der Waals surface area contributed by atoms with Crippen molar-refractivity contribution in [2.45, 2.75) is 51.1 Å². The fraction of sp³-hybridized carbons (Fsp3) is 0.474. The Labute approximate surface area is 148 Å². The zero-order valence-electron chi connectivity index (χ0n) is 14.7. The molecular weight excluding hydrogens is 318 g/mol. The van der Waals surface area contributed by atoms with Crippen molar-refractivity contribution in [2.75, 3.05) is 11.4 Å². The molecule has 1 aromatic carbocycles. The van der Waals surface area contributed by atoms with E-state index < -0.39 is 5.91 Å². The molecule has 1 aromatic rings. The number of hydroxylamine groups is 1. The average Bonchev–Trinajstić information content (AvgIpc) is 3.19. The molecule has 0 radical (unpaired) electrons. The van der Waals surface area contributed by atoms with Crippen molar-refractivity contribution < 1.29 is 14.8 Å². The molecule has 3 amide bonds. The first-order chi connectivity index (χ1) is 11.9. The van der Waals surface area contributed by atoms with Crippen molar-refractivity contribution in [1.82, 2.24) is 10.4 Å². The first kappa shape index (κ1) is 17.5. The van der Waals surface area contributed by atoms with Crippen LogP contribution in [0, 0.1) is 0 Å². The van der Waals surface area contributed by atoms with Crippen molar-refractivity contribution in [1.29, 1.82) is 0 Å². The summed E-state index contributed by atoms with van der Waals surface area (Å²) < 4.78 is 0. The van der Waals surface area contributed by atoms with E-state index in [0.717, 1.165) is 24.1 Å². The molecule has 0 bridgehead atoms. The fourth-order valence-electron chi connectivity index (χ4n) is 3.91. The number of carbonyl (C=O) groups excluding carboxylic acids is 2. The highest BCUT2D eigenvalue weighted by Gasteiger charge is 2.47. The second-order valence-electron chi connectivity index (χ2n) is 7.36. The predicted octanol–water partition coefficient (Wildman–Crippen LogP) is 3.17. The number of hydrogen-bond acceptors (Lipinski definition) is 3. The molecule has 2 fully saturated rings. The number of anilines is 1. The molecule has 25 heavy (non-hydrogen) atoms. The van der Waals surface area contributed by atoms with Gasteiger partial charge in [-0.3, -0.25) is 14.9 Å². The van der Waals surface area contributed by atoms with Gasteiger partial charge in [0, 0.05) is 18.7 Å². The van der Waals surface area contributed by atoms with Gasteiger partial charge in [-0.1, -0.05) is 31.0 Å². The standard InChI is InChI=1S/C19H25N3O3/c1-19(2)13-21(15-8-4-5-9-15)18(24)22(19)16-10-6-3-7-14(16)11-12-17(23)20-25/h3,6-7,10-12,15,25H,4-5,8-9,13H2,1-2H3,(H,20,23)/b12-11+. The lowest BCUT2D eigenvalue weighted by Gasteiger charge is -2.30. The Morgan fingerprint density at radius 2 is 1.96 bits per heavy atom. The average molecular weight is 343 g/mol. The molecule has 134 valence electrons. The van der Waals surface area contributed by atoms with E-state index in [0.29, 0.717) is 12.6 Å². The highest BCUT2D eigenvalue weighted by Crippen LogP contribution is 2.38. The highest BCUT2D eigenvalue weighted by molar-refractivity contribution is 5.99. The van der Waals surface area contributed by atoms with Gasteiger partial charge in [0.25, 0.3) is 5.91 Å². The Hall–Kier alpha value is -2.34. The Bertz CT molecular complexity index is 693. The van der Waals surface area contributed by atoms with E-state index in [1.165, 1.54) is 18.9 Å². The van der Waals surface area contributed by atoms with Gasteiger partial charge in [0.2, 0.25) is 0 Å². The van der Waals surface area contributed by atoms with E-state index in [1.807, 2.05) is 34.1 Å². The number of hydrogen-bond donors (Lipinski definition) is 2. The monoisotopic (exact) mass is 343 g/mol. The van der Waals surface area contributed by atoms with Crippen LogP contribution in [0.4, 0.5) is 10.5 Å². The Morgan fingerprint density at radius 3 is 2.64 bits per heavy atom. The summed E-state index contributed by atoms with van der Waals surface area (Å²) in [6.45, 7) is 4.84. The van der Waals surface area contributed by atoms with Crippen molar-refractivity contribution in [3.8, 4) is 0 Å².